The van der Waals surface area contributed by atoms with Crippen LogP contribution in [0.2, 0.25) is 0 Å². The van der Waals surface area contributed by atoms with Crippen molar-refractivity contribution in [3.63, 3.8) is 0 Å². The maximum absolute atomic E-state index is 13.5. The van der Waals surface area contributed by atoms with E-state index in [1.807, 2.05) is 26.0 Å². The van der Waals surface area contributed by atoms with E-state index in [1.54, 1.807) is 6.07 Å². The second-order valence-electron chi connectivity index (χ2n) is 8.35. The van der Waals surface area contributed by atoms with E-state index >= 15 is 0 Å². The molecule has 0 aliphatic carbocycles. The number of hydrogen-bond acceptors (Lipinski definition) is 6. The Kier molecular flexibility index (Phi) is 6.33. The van der Waals surface area contributed by atoms with E-state index in [4.69, 9.17) is 4.74 Å². The van der Waals surface area contributed by atoms with Crippen LogP contribution < -0.4 is 5.56 Å². The topological polar surface area (TPSA) is 123 Å². The van der Waals surface area contributed by atoms with Crippen LogP contribution in [-0.2, 0) is 21.3 Å². The number of nitrogens with one attached hydrogen (secondary N) is 1. The summed E-state index contributed by atoms with van der Waals surface area (Å²) in [5.74, 6) is 0. The van der Waals surface area contributed by atoms with Gasteiger partial charge in [0, 0.05) is 37.4 Å². The van der Waals surface area contributed by atoms with Gasteiger partial charge in [-0.05, 0) is 61.9 Å². The number of aromatic nitrogens is 1. The van der Waals surface area contributed by atoms with Crippen molar-refractivity contribution in [2.24, 2.45) is 0 Å². The van der Waals surface area contributed by atoms with Gasteiger partial charge in [0.05, 0.1) is 21.4 Å². The van der Waals surface area contributed by atoms with Crippen molar-refractivity contribution >= 4 is 26.6 Å². The number of benzene rings is 2. The molecule has 1 saturated heterocycles. The van der Waals surface area contributed by atoms with Gasteiger partial charge in [0.15, 0.2) is 0 Å². The third-order valence-corrected chi connectivity index (χ3v) is 7.66. The van der Waals surface area contributed by atoms with Crippen LogP contribution in [0.5, 0.6) is 0 Å². The van der Waals surface area contributed by atoms with Gasteiger partial charge >= 0.3 is 0 Å². The number of ether oxygens (including phenoxy) is 1. The third kappa shape index (κ3) is 4.82. The third-order valence-electron chi connectivity index (χ3n) is 5.83. The Balaban J connectivity index is 1.73. The lowest BCUT2D eigenvalue weighted by atomic mass is 10.1. The zero-order valence-corrected chi connectivity index (χ0v) is 19.2. The van der Waals surface area contributed by atoms with Gasteiger partial charge < -0.3 is 9.72 Å². The first-order chi connectivity index (χ1) is 15.6. The van der Waals surface area contributed by atoms with Crippen LogP contribution in [0.25, 0.3) is 10.9 Å². The summed E-state index contributed by atoms with van der Waals surface area (Å²) < 4.78 is 33.8. The molecule has 174 valence electrons. The molecule has 0 amide bonds. The molecule has 4 rings (SSSR count). The summed E-state index contributed by atoms with van der Waals surface area (Å²) in [5, 5.41) is 11.8. The Morgan fingerprint density at radius 3 is 2.55 bits per heavy atom. The zero-order valence-electron chi connectivity index (χ0n) is 18.4. The standard InChI is InChI=1S/C23H25N3O6S/c1-15-10-16(2)22-17(11-15)12-18(23(27)24-22)13-25(14-20-4-3-9-32-20)33(30,31)21-7-5-19(6-8-21)26(28)29/h5-8,10-12,20H,3-4,9,13-14H2,1-2H3,(H,24,27)/t20-/m1/s1. The molecule has 1 aliphatic heterocycles. The molecule has 0 radical (unpaired) electrons. The normalized spacial score (nSPS) is 16.5. The van der Waals surface area contributed by atoms with Crippen LogP contribution in [0, 0.1) is 24.0 Å². The lowest BCUT2D eigenvalue weighted by Gasteiger charge is -2.25. The number of aryl methyl sites for hydroxylation is 2. The molecule has 1 aromatic heterocycles. The van der Waals surface area contributed by atoms with Gasteiger partial charge in [0.2, 0.25) is 10.0 Å². The maximum atomic E-state index is 13.5. The van der Waals surface area contributed by atoms with Crippen molar-refractivity contribution in [2.75, 3.05) is 13.2 Å². The van der Waals surface area contributed by atoms with Gasteiger partial charge in [-0.1, -0.05) is 11.6 Å². The van der Waals surface area contributed by atoms with Crippen molar-refractivity contribution in [2.45, 2.75) is 44.2 Å². The fraction of sp³-hybridized carbons (Fsp3) is 0.348. The molecular formula is C23H25N3O6S. The lowest BCUT2D eigenvalue weighted by Crippen LogP contribution is -2.38. The SMILES string of the molecule is Cc1cc(C)c2[nH]c(=O)c(CN(C[C@H]3CCCO3)S(=O)(=O)c3ccc([N+](=O)[O-])cc3)cc2c1. The van der Waals surface area contributed by atoms with E-state index < -0.39 is 14.9 Å². The van der Waals surface area contributed by atoms with Crippen LogP contribution in [0.15, 0.2) is 52.2 Å². The van der Waals surface area contributed by atoms with E-state index in [0.29, 0.717) is 12.2 Å². The van der Waals surface area contributed by atoms with Crippen LogP contribution >= 0.6 is 0 Å². The average Bonchev–Trinajstić information content (AvgIpc) is 3.27. The molecular weight excluding hydrogens is 446 g/mol. The highest BCUT2D eigenvalue weighted by Crippen LogP contribution is 2.25. The summed E-state index contributed by atoms with van der Waals surface area (Å²) in [7, 11) is -4.04. The van der Waals surface area contributed by atoms with E-state index in [0.717, 1.165) is 47.0 Å². The van der Waals surface area contributed by atoms with Gasteiger partial charge in [0.1, 0.15) is 0 Å². The number of pyridine rings is 1. The molecule has 1 N–H and O–H groups in total. The van der Waals surface area contributed by atoms with Crippen LogP contribution in [0.4, 0.5) is 5.69 Å². The number of nitro benzene ring substituents is 1. The number of fused-ring (bicyclic) bond motifs is 1. The molecule has 2 heterocycles. The quantitative estimate of drug-likeness (QED) is 0.416. The maximum Gasteiger partial charge on any atom is 0.269 e. The van der Waals surface area contributed by atoms with Gasteiger partial charge in [-0.3, -0.25) is 14.9 Å². The van der Waals surface area contributed by atoms with Crippen molar-refractivity contribution in [3.05, 3.63) is 79.6 Å². The number of hydrogen-bond donors (Lipinski definition) is 1. The summed E-state index contributed by atoms with van der Waals surface area (Å²) in [4.78, 5) is 26.0. The minimum atomic E-state index is -4.04. The first-order valence-corrected chi connectivity index (χ1v) is 12.1. The number of rotatable bonds is 7. The van der Waals surface area contributed by atoms with Gasteiger partial charge in [-0.25, -0.2) is 8.42 Å². The Hall–Kier alpha value is -3.08. The molecule has 3 aromatic rings. The lowest BCUT2D eigenvalue weighted by molar-refractivity contribution is -0.384. The van der Waals surface area contributed by atoms with Crippen molar-refractivity contribution in [1.82, 2.24) is 9.29 Å². The van der Waals surface area contributed by atoms with Crippen molar-refractivity contribution in [3.8, 4) is 0 Å². The Morgan fingerprint density at radius 1 is 1.18 bits per heavy atom. The second-order valence-corrected chi connectivity index (χ2v) is 10.3. The van der Waals surface area contributed by atoms with Gasteiger partial charge in [0.25, 0.3) is 11.2 Å². The van der Waals surface area contributed by atoms with Crippen LogP contribution in [-0.4, -0.2) is 41.9 Å². The Morgan fingerprint density at radius 2 is 1.91 bits per heavy atom. The van der Waals surface area contributed by atoms with Gasteiger partial charge in [-0.15, -0.1) is 0 Å². The molecule has 2 aromatic carbocycles. The molecule has 0 unspecified atom stereocenters. The molecule has 33 heavy (non-hydrogen) atoms. The fourth-order valence-corrected chi connectivity index (χ4v) is 5.64. The van der Waals surface area contributed by atoms with E-state index in [9.17, 15) is 23.3 Å². The summed E-state index contributed by atoms with van der Waals surface area (Å²) in [6, 6.07) is 10.4. The smallest absolute Gasteiger partial charge is 0.269 e. The summed E-state index contributed by atoms with van der Waals surface area (Å²) in [6.07, 6.45) is 1.28. The predicted octanol–water partition coefficient (Wildman–Crippen LogP) is 3.42. The summed E-state index contributed by atoms with van der Waals surface area (Å²) >= 11 is 0. The van der Waals surface area contributed by atoms with Crippen LogP contribution in [0.1, 0.15) is 29.5 Å². The number of sulfonamides is 1. The Labute approximate surface area is 191 Å². The highest BCUT2D eigenvalue weighted by molar-refractivity contribution is 7.89. The van der Waals surface area contributed by atoms with Crippen molar-refractivity contribution in [1.29, 1.82) is 0 Å². The van der Waals surface area contributed by atoms with E-state index in [1.165, 1.54) is 16.4 Å². The average molecular weight is 472 g/mol. The monoisotopic (exact) mass is 471 g/mol. The largest absolute Gasteiger partial charge is 0.377 e. The minimum absolute atomic E-state index is 0.0741. The summed E-state index contributed by atoms with van der Waals surface area (Å²) in [5.41, 5.74) is 2.45. The zero-order chi connectivity index (χ0) is 23.8. The number of nitro groups is 1. The first-order valence-electron chi connectivity index (χ1n) is 10.6. The molecule has 0 spiro atoms. The fourth-order valence-electron chi connectivity index (χ4n) is 4.19. The number of non-ortho nitro benzene ring substituents is 1. The Bertz CT molecular complexity index is 1360. The highest BCUT2D eigenvalue weighted by atomic mass is 32.2. The van der Waals surface area contributed by atoms with E-state index in [-0.39, 0.29) is 35.3 Å². The minimum Gasteiger partial charge on any atom is -0.377 e. The molecule has 1 fully saturated rings. The predicted molar refractivity (Wildman–Crippen MR) is 124 cm³/mol. The van der Waals surface area contributed by atoms with Crippen LogP contribution in [0.3, 0.4) is 0 Å². The van der Waals surface area contributed by atoms with Crippen molar-refractivity contribution < 1.29 is 18.1 Å². The molecule has 10 heteroatoms. The molecule has 1 aliphatic rings. The summed E-state index contributed by atoms with van der Waals surface area (Å²) in [6.45, 7) is 4.38. The number of aromatic amines is 1. The van der Waals surface area contributed by atoms with Gasteiger partial charge in [-0.2, -0.15) is 4.31 Å². The number of nitrogens with zero attached hydrogens (tertiary/aromatic N) is 2. The number of H-pyrrole nitrogens is 1. The van der Waals surface area contributed by atoms with E-state index in [2.05, 4.69) is 4.98 Å². The molecule has 1 atom stereocenters. The molecule has 9 nitrogen and oxygen atoms in total. The first kappa shape index (κ1) is 23.1. The molecule has 0 bridgehead atoms. The highest BCUT2D eigenvalue weighted by Gasteiger charge is 2.30. The second kappa shape index (κ2) is 9.05. The molecule has 0 saturated carbocycles.